The molecule has 0 amide bonds. The number of allylic oxidation sites excluding steroid dienone is 1. The summed E-state index contributed by atoms with van der Waals surface area (Å²) >= 11 is 7.34. The SMILES string of the molecule is CCOC(=O)C1=C(C)N=c2sc(=Cc3cccc(OCc4c(F)cccc4Cl)c3)c(=O)n2C1c1ccc(OC)cc1. The third kappa shape index (κ3) is 5.82. The predicted molar refractivity (Wildman–Crippen MR) is 156 cm³/mol. The highest BCUT2D eigenvalue weighted by Gasteiger charge is 2.33. The number of hydrogen-bond donors (Lipinski definition) is 0. The molecule has 0 saturated heterocycles. The van der Waals surface area contributed by atoms with E-state index in [0.29, 0.717) is 37.7 Å². The lowest BCUT2D eigenvalue weighted by atomic mass is 9.96. The molecule has 0 bridgehead atoms. The molecule has 10 heteroatoms. The van der Waals surface area contributed by atoms with E-state index in [0.717, 1.165) is 5.56 Å². The first-order chi connectivity index (χ1) is 19.8. The zero-order valence-corrected chi connectivity index (χ0v) is 24.1. The van der Waals surface area contributed by atoms with Crippen LogP contribution in [-0.4, -0.2) is 24.3 Å². The Hall–Kier alpha value is -4.21. The van der Waals surface area contributed by atoms with E-state index < -0.39 is 17.8 Å². The van der Waals surface area contributed by atoms with Crippen molar-refractivity contribution < 1.29 is 23.4 Å². The van der Waals surface area contributed by atoms with Crippen LogP contribution in [0.2, 0.25) is 5.02 Å². The largest absolute Gasteiger partial charge is 0.497 e. The van der Waals surface area contributed by atoms with Gasteiger partial charge in [0.25, 0.3) is 5.56 Å². The molecule has 41 heavy (non-hydrogen) atoms. The summed E-state index contributed by atoms with van der Waals surface area (Å²) in [4.78, 5) is 31.9. The number of hydrogen-bond acceptors (Lipinski definition) is 7. The van der Waals surface area contributed by atoms with Crippen molar-refractivity contribution in [2.24, 2.45) is 4.99 Å². The highest BCUT2D eigenvalue weighted by atomic mass is 35.5. The van der Waals surface area contributed by atoms with Crippen LogP contribution in [0.15, 0.2) is 87.8 Å². The maximum Gasteiger partial charge on any atom is 0.338 e. The molecule has 1 unspecified atom stereocenters. The molecule has 0 N–H and O–H groups in total. The summed E-state index contributed by atoms with van der Waals surface area (Å²) in [6, 6.07) is 18.1. The van der Waals surface area contributed by atoms with Crippen LogP contribution in [0.3, 0.4) is 0 Å². The Bertz CT molecular complexity index is 1810. The van der Waals surface area contributed by atoms with Crippen LogP contribution in [-0.2, 0) is 16.1 Å². The Morgan fingerprint density at radius 2 is 1.88 bits per heavy atom. The van der Waals surface area contributed by atoms with Crippen LogP contribution >= 0.6 is 22.9 Å². The Labute approximate surface area is 244 Å². The lowest BCUT2D eigenvalue weighted by Gasteiger charge is -2.24. The van der Waals surface area contributed by atoms with Gasteiger partial charge < -0.3 is 14.2 Å². The summed E-state index contributed by atoms with van der Waals surface area (Å²) in [5.41, 5.74) is 2.18. The van der Waals surface area contributed by atoms with Gasteiger partial charge in [-0.25, -0.2) is 14.2 Å². The monoisotopic (exact) mass is 592 g/mol. The second kappa shape index (κ2) is 12.1. The van der Waals surface area contributed by atoms with E-state index in [9.17, 15) is 14.0 Å². The van der Waals surface area contributed by atoms with Gasteiger partial charge in [0.05, 0.1) is 40.6 Å². The highest BCUT2D eigenvalue weighted by molar-refractivity contribution is 7.07. The maximum absolute atomic E-state index is 14.2. The van der Waals surface area contributed by atoms with E-state index in [2.05, 4.69) is 4.99 Å². The minimum absolute atomic E-state index is 0.0467. The third-order valence-electron chi connectivity index (χ3n) is 6.55. The number of halogens is 2. The molecule has 0 radical (unpaired) electrons. The van der Waals surface area contributed by atoms with Crippen molar-refractivity contribution in [3.05, 3.63) is 125 Å². The number of thiazole rings is 1. The maximum atomic E-state index is 14.2. The fourth-order valence-corrected chi connectivity index (χ4v) is 5.83. The minimum Gasteiger partial charge on any atom is -0.497 e. The lowest BCUT2D eigenvalue weighted by molar-refractivity contribution is -0.139. The van der Waals surface area contributed by atoms with Gasteiger partial charge in [0.1, 0.15) is 23.9 Å². The van der Waals surface area contributed by atoms with Crippen molar-refractivity contribution in [3.63, 3.8) is 0 Å². The van der Waals surface area contributed by atoms with Crippen LogP contribution < -0.4 is 24.4 Å². The van der Waals surface area contributed by atoms with Gasteiger partial charge in [0, 0.05) is 5.56 Å². The van der Waals surface area contributed by atoms with Gasteiger partial charge in [0.15, 0.2) is 4.80 Å². The second-order valence-corrected chi connectivity index (χ2v) is 10.6. The summed E-state index contributed by atoms with van der Waals surface area (Å²) < 4.78 is 32.5. The molecule has 4 aromatic rings. The van der Waals surface area contributed by atoms with Crippen molar-refractivity contribution in [2.45, 2.75) is 26.5 Å². The molecule has 1 aliphatic rings. The molecular weight excluding hydrogens is 567 g/mol. The topological polar surface area (TPSA) is 79.1 Å². The molecule has 0 fully saturated rings. The van der Waals surface area contributed by atoms with Crippen molar-refractivity contribution in [2.75, 3.05) is 13.7 Å². The molecule has 1 atom stereocenters. The molecule has 0 aliphatic carbocycles. The smallest absolute Gasteiger partial charge is 0.338 e. The molecule has 3 aromatic carbocycles. The fraction of sp³-hybridized carbons (Fsp3) is 0.194. The molecule has 210 valence electrons. The molecule has 7 nitrogen and oxygen atoms in total. The summed E-state index contributed by atoms with van der Waals surface area (Å²) in [6.45, 7) is 3.61. The van der Waals surface area contributed by atoms with E-state index in [1.54, 1.807) is 63.4 Å². The van der Waals surface area contributed by atoms with Crippen molar-refractivity contribution in [1.82, 2.24) is 4.57 Å². The van der Waals surface area contributed by atoms with Crippen LogP contribution in [0.5, 0.6) is 11.5 Å². The minimum atomic E-state index is -0.724. The van der Waals surface area contributed by atoms with Crippen LogP contribution in [0.4, 0.5) is 4.39 Å². The number of carbonyl (C=O) groups is 1. The Balaban J connectivity index is 1.54. The van der Waals surface area contributed by atoms with Gasteiger partial charge in [0.2, 0.25) is 0 Å². The zero-order valence-electron chi connectivity index (χ0n) is 22.5. The van der Waals surface area contributed by atoms with Crippen molar-refractivity contribution >= 4 is 35.0 Å². The summed E-state index contributed by atoms with van der Waals surface area (Å²) in [7, 11) is 1.57. The number of ether oxygens (including phenoxy) is 3. The normalized spacial score (nSPS) is 14.9. The second-order valence-electron chi connectivity index (χ2n) is 9.14. The lowest BCUT2D eigenvalue weighted by Crippen LogP contribution is -2.39. The van der Waals surface area contributed by atoms with Crippen LogP contribution in [0.25, 0.3) is 6.08 Å². The van der Waals surface area contributed by atoms with E-state index >= 15 is 0 Å². The van der Waals surface area contributed by atoms with Gasteiger partial charge >= 0.3 is 5.97 Å². The Morgan fingerprint density at radius 3 is 2.59 bits per heavy atom. The highest BCUT2D eigenvalue weighted by Crippen LogP contribution is 2.31. The number of esters is 1. The average Bonchev–Trinajstić information content (AvgIpc) is 3.26. The fourth-order valence-electron chi connectivity index (χ4n) is 4.56. The summed E-state index contributed by atoms with van der Waals surface area (Å²) in [6.07, 6.45) is 1.74. The van der Waals surface area contributed by atoms with Gasteiger partial charge in [-0.2, -0.15) is 0 Å². The molecule has 1 aliphatic heterocycles. The van der Waals surface area contributed by atoms with Gasteiger partial charge in [-0.15, -0.1) is 0 Å². The standard InChI is InChI=1S/C31H26ClFN2O5S/c1-4-39-30(37)27-18(2)34-31-35(28(27)20-11-13-21(38-3)14-12-20)29(36)26(41-31)16-19-7-5-8-22(15-19)40-17-23-24(32)9-6-10-25(23)33/h5-16,28H,4,17H2,1-3H3. The van der Waals surface area contributed by atoms with E-state index in [4.69, 9.17) is 25.8 Å². The van der Waals surface area contributed by atoms with Gasteiger partial charge in [-0.1, -0.05) is 53.3 Å². The number of fused-ring (bicyclic) bond motifs is 1. The Morgan fingerprint density at radius 1 is 1.12 bits per heavy atom. The van der Waals surface area contributed by atoms with Crippen molar-refractivity contribution in [1.29, 1.82) is 0 Å². The molecule has 2 heterocycles. The Kier molecular flexibility index (Phi) is 8.37. The summed E-state index contributed by atoms with van der Waals surface area (Å²) in [5.74, 6) is 0.170. The third-order valence-corrected chi connectivity index (χ3v) is 7.89. The molecule has 5 rings (SSSR count). The van der Waals surface area contributed by atoms with Crippen LogP contribution in [0.1, 0.15) is 36.6 Å². The van der Waals surface area contributed by atoms with Gasteiger partial charge in [-0.3, -0.25) is 9.36 Å². The number of methoxy groups -OCH3 is 1. The first-order valence-electron chi connectivity index (χ1n) is 12.8. The molecule has 0 spiro atoms. The number of rotatable bonds is 8. The van der Waals surface area contributed by atoms with Gasteiger partial charge in [-0.05, 0) is 67.4 Å². The number of carbonyl (C=O) groups excluding carboxylic acids is 1. The predicted octanol–water partition coefficient (Wildman–Crippen LogP) is 5.18. The summed E-state index contributed by atoms with van der Waals surface area (Å²) in [5, 5.41) is 0.283. The van der Waals surface area contributed by atoms with Crippen molar-refractivity contribution in [3.8, 4) is 11.5 Å². The quantitative estimate of drug-likeness (QED) is 0.264. The van der Waals surface area contributed by atoms with Crippen LogP contribution in [0, 0.1) is 5.82 Å². The first-order valence-corrected chi connectivity index (χ1v) is 14.0. The molecular formula is C31H26ClFN2O5S. The first kappa shape index (κ1) is 28.3. The number of aromatic nitrogens is 1. The molecule has 1 aromatic heterocycles. The number of nitrogens with zero attached hydrogens (tertiary/aromatic N) is 2. The number of benzene rings is 3. The molecule has 0 saturated carbocycles. The average molecular weight is 593 g/mol. The van der Waals surface area contributed by atoms with E-state index in [1.165, 1.54) is 28.0 Å². The van der Waals surface area contributed by atoms with E-state index in [1.807, 2.05) is 18.2 Å². The zero-order chi connectivity index (χ0) is 29.1. The van der Waals surface area contributed by atoms with E-state index in [-0.39, 0.29) is 29.4 Å².